The molecule has 172 valence electrons. The van der Waals surface area contributed by atoms with Crippen LogP contribution in [0, 0.1) is 5.92 Å². The van der Waals surface area contributed by atoms with Gasteiger partial charge in [0.15, 0.2) is 11.5 Å². The number of anilines is 2. The van der Waals surface area contributed by atoms with Crippen LogP contribution in [0.5, 0.6) is 17.2 Å². The van der Waals surface area contributed by atoms with Gasteiger partial charge >= 0.3 is 0 Å². The van der Waals surface area contributed by atoms with Crippen LogP contribution < -0.4 is 14.8 Å². The zero-order valence-corrected chi connectivity index (χ0v) is 20.5. The molecule has 5 nitrogen and oxygen atoms in total. The number of methoxy groups -OCH3 is 1. The first kappa shape index (κ1) is 23.1. The quantitative estimate of drug-likeness (QED) is 0.261. The Labute approximate surface area is 199 Å². The van der Waals surface area contributed by atoms with E-state index in [2.05, 4.69) is 36.1 Å². The molecule has 1 N–H and O–H groups in total. The molecule has 0 aliphatic rings. The van der Waals surface area contributed by atoms with Gasteiger partial charge < -0.3 is 14.8 Å². The number of thiophene rings is 1. The topological polar surface area (TPSA) is 56.3 Å². The van der Waals surface area contributed by atoms with Crippen LogP contribution in [-0.2, 0) is 12.8 Å². The highest BCUT2D eigenvalue weighted by Gasteiger charge is 2.18. The number of para-hydroxylation sites is 1. The molecular weight excluding hydrogens is 430 g/mol. The number of nitrogens with one attached hydrogen (secondary N) is 1. The van der Waals surface area contributed by atoms with Gasteiger partial charge in [-0.05, 0) is 55.0 Å². The van der Waals surface area contributed by atoms with Crippen LogP contribution in [0.2, 0.25) is 0 Å². The normalized spacial score (nSPS) is 12.0. The molecule has 4 rings (SSSR count). The highest BCUT2D eigenvalue weighted by Crippen LogP contribution is 2.38. The third-order valence-corrected chi connectivity index (χ3v) is 7.26. The molecule has 2 heterocycles. The maximum atomic E-state index is 6.00. The summed E-state index contributed by atoms with van der Waals surface area (Å²) in [5.74, 6) is 3.64. The van der Waals surface area contributed by atoms with E-state index in [0.29, 0.717) is 17.4 Å². The zero-order chi connectivity index (χ0) is 23.2. The van der Waals surface area contributed by atoms with Gasteiger partial charge in [-0.25, -0.2) is 9.97 Å². The highest BCUT2D eigenvalue weighted by atomic mass is 32.1. The van der Waals surface area contributed by atoms with Crippen molar-refractivity contribution in [3.8, 4) is 17.2 Å². The van der Waals surface area contributed by atoms with Gasteiger partial charge in [-0.1, -0.05) is 45.4 Å². The van der Waals surface area contributed by atoms with Crippen molar-refractivity contribution in [2.24, 2.45) is 5.92 Å². The van der Waals surface area contributed by atoms with E-state index >= 15 is 0 Å². The molecule has 4 aromatic rings. The Bertz CT molecular complexity index is 1210. The Morgan fingerprint density at radius 2 is 1.85 bits per heavy atom. The minimum Gasteiger partial charge on any atom is -0.493 e. The Balaban J connectivity index is 1.65. The maximum absolute atomic E-state index is 6.00. The van der Waals surface area contributed by atoms with E-state index < -0.39 is 0 Å². The Morgan fingerprint density at radius 3 is 2.58 bits per heavy atom. The van der Waals surface area contributed by atoms with E-state index in [1.165, 1.54) is 23.3 Å². The van der Waals surface area contributed by atoms with Gasteiger partial charge in [0.05, 0.1) is 12.5 Å². The van der Waals surface area contributed by atoms with Crippen molar-refractivity contribution in [1.29, 1.82) is 0 Å². The predicted octanol–water partition coefficient (Wildman–Crippen LogP) is 7.78. The third kappa shape index (κ3) is 5.28. The first-order valence-electron chi connectivity index (χ1n) is 11.6. The predicted molar refractivity (Wildman–Crippen MR) is 137 cm³/mol. The number of ether oxygens (including phenoxy) is 2. The molecule has 1 atom stereocenters. The lowest BCUT2D eigenvalue weighted by molar-refractivity contribution is 0.379. The molecule has 33 heavy (non-hydrogen) atoms. The molecule has 0 bridgehead atoms. The summed E-state index contributed by atoms with van der Waals surface area (Å²) in [5.41, 5.74) is 2.28. The second kappa shape index (κ2) is 10.7. The minimum atomic E-state index is 0.658. The fourth-order valence-electron chi connectivity index (χ4n) is 3.86. The first-order chi connectivity index (χ1) is 16.1. The van der Waals surface area contributed by atoms with Crippen LogP contribution in [0.1, 0.15) is 44.1 Å². The third-order valence-electron chi connectivity index (χ3n) is 5.97. The number of aromatic nitrogens is 2. The Hall–Kier alpha value is -3.12. The summed E-state index contributed by atoms with van der Waals surface area (Å²) in [6.45, 7) is 6.79. The van der Waals surface area contributed by atoms with Gasteiger partial charge in [-0.15, -0.1) is 11.3 Å². The fraction of sp³-hybridized carbons (Fsp3) is 0.333. The lowest BCUT2D eigenvalue weighted by Gasteiger charge is -2.14. The molecule has 0 amide bonds. The molecule has 0 saturated heterocycles. The smallest absolute Gasteiger partial charge is 0.169 e. The summed E-state index contributed by atoms with van der Waals surface area (Å²) < 4.78 is 11.6. The summed E-state index contributed by atoms with van der Waals surface area (Å²) in [5, 5.41) is 4.66. The van der Waals surface area contributed by atoms with Crippen molar-refractivity contribution in [3.63, 3.8) is 0 Å². The van der Waals surface area contributed by atoms with Crippen LogP contribution in [0.4, 0.5) is 11.5 Å². The minimum absolute atomic E-state index is 0.658. The molecule has 0 aliphatic carbocycles. The molecule has 0 saturated carbocycles. The molecule has 0 fully saturated rings. The summed E-state index contributed by atoms with van der Waals surface area (Å²) in [6, 6.07) is 15.5. The lowest BCUT2D eigenvalue weighted by Crippen LogP contribution is -2.00. The van der Waals surface area contributed by atoms with Gasteiger partial charge in [0, 0.05) is 16.6 Å². The lowest BCUT2D eigenvalue weighted by atomic mass is 9.97. The maximum Gasteiger partial charge on any atom is 0.169 e. The van der Waals surface area contributed by atoms with E-state index in [-0.39, 0.29) is 0 Å². The van der Waals surface area contributed by atoms with Crippen molar-refractivity contribution in [3.05, 3.63) is 65.3 Å². The van der Waals surface area contributed by atoms with E-state index in [4.69, 9.17) is 9.47 Å². The van der Waals surface area contributed by atoms with Crippen LogP contribution in [-0.4, -0.2) is 17.1 Å². The zero-order valence-electron chi connectivity index (χ0n) is 19.7. The number of rotatable bonds is 10. The number of aryl methyl sites for hydroxylation is 2. The van der Waals surface area contributed by atoms with E-state index in [9.17, 15) is 0 Å². The van der Waals surface area contributed by atoms with Gasteiger partial charge in [0.25, 0.3) is 0 Å². The molecule has 2 aromatic heterocycles. The SMILES string of the molecule is CCc1sc2ncnc(Nc3ccc(Oc4ccccc4)c(OC)c3)c2c1CCC(C)CC. The molecule has 0 spiro atoms. The summed E-state index contributed by atoms with van der Waals surface area (Å²) in [4.78, 5) is 11.6. The van der Waals surface area contributed by atoms with Crippen molar-refractivity contribution in [1.82, 2.24) is 9.97 Å². The molecule has 0 aliphatic heterocycles. The van der Waals surface area contributed by atoms with Crippen molar-refractivity contribution in [2.45, 2.75) is 46.5 Å². The summed E-state index contributed by atoms with van der Waals surface area (Å²) in [7, 11) is 1.65. The van der Waals surface area contributed by atoms with E-state index in [1.54, 1.807) is 24.8 Å². The van der Waals surface area contributed by atoms with Crippen LogP contribution in [0.25, 0.3) is 10.2 Å². The van der Waals surface area contributed by atoms with Crippen molar-refractivity contribution >= 4 is 33.1 Å². The molecule has 1 unspecified atom stereocenters. The average Bonchev–Trinajstić information content (AvgIpc) is 3.22. The number of hydrogen-bond acceptors (Lipinski definition) is 6. The molecular formula is C27H31N3O2S. The van der Waals surface area contributed by atoms with Crippen molar-refractivity contribution in [2.75, 3.05) is 12.4 Å². The monoisotopic (exact) mass is 461 g/mol. The van der Waals surface area contributed by atoms with Crippen LogP contribution in [0.15, 0.2) is 54.9 Å². The number of nitrogens with zero attached hydrogens (tertiary/aromatic N) is 2. The largest absolute Gasteiger partial charge is 0.493 e. The van der Waals surface area contributed by atoms with Crippen LogP contribution >= 0.6 is 11.3 Å². The summed E-state index contributed by atoms with van der Waals surface area (Å²) >= 11 is 1.78. The number of fused-ring (bicyclic) bond motifs is 1. The second-order valence-electron chi connectivity index (χ2n) is 8.22. The summed E-state index contributed by atoms with van der Waals surface area (Å²) in [6.07, 6.45) is 6.07. The van der Waals surface area contributed by atoms with Gasteiger partial charge in [-0.2, -0.15) is 0 Å². The highest BCUT2D eigenvalue weighted by molar-refractivity contribution is 7.18. The average molecular weight is 462 g/mol. The first-order valence-corrected chi connectivity index (χ1v) is 12.4. The van der Waals surface area contributed by atoms with Gasteiger partial charge in [0.2, 0.25) is 0 Å². The standard InChI is InChI=1S/C27H31N3O2S/c1-5-18(3)12-14-21-24(6-2)33-27-25(21)26(28-17-29-27)30-19-13-15-22(23(16-19)31-4)32-20-10-8-7-9-11-20/h7-11,13,15-18H,5-6,12,14H2,1-4H3,(H,28,29,30). The Kier molecular flexibility index (Phi) is 7.45. The van der Waals surface area contributed by atoms with E-state index in [0.717, 1.165) is 40.3 Å². The second-order valence-corrected chi connectivity index (χ2v) is 9.30. The van der Waals surface area contributed by atoms with E-state index in [1.807, 2.05) is 48.5 Å². The van der Waals surface area contributed by atoms with Gasteiger partial charge in [-0.3, -0.25) is 0 Å². The van der Waals surface area contributed by atoms with Crippen LogP contribution in [0.3, 0.4) is 0 Å². The number of benzene rings is 2. The molecule has 0 radical (unpaired) electrons. The number of hydrogen-bond donors (Lipinski definition) is 1. The molecule has 2 aromatic carbocycles. The van der Waals surface area contributed by atoms with Crippen molar-refractivity contribution < 1.29 is 9.47 Å². The molecule has 6 heteroatoms. The Morgan fingerprint density at radius 1 is 1.03 bits per heavy atom. The fourth-order valence-corrected chi connectivity index (χ4v) is 4.98. The van der Waals surface area contributed by atoms with Gasteiger partial charge in [0.1, 0.15) is 22.7 Å².